The summed E-state index contributed by atoms with van der Waals surface area (Å²) in [6.07, 6.45) is 0. The number of hydrogen-bond acceptors (Lipinski definition) is 3. The molecule has 28 heavy (non-hydrogen) atoms. The van der Waals surface area contributed by atoms with Crippen molar-refractivity contribution < 1.29 is 13.9 Å². The van der Waals surface area contributed by atoms with Crippen LogP contribution in [0, 0.1) is 5.82 Å². The highest BCUT2D eigenvalue weighted by Crippen LogP contribution is 2.26. The first-order valence-corrected chi connectivity index (χ1v) is 9.87. The highest BCUT2D eigenvalue weighted by molar-refractivity contribution is 6.30. The second-order valence-electron chi connectivity index (χ2n) is 7.56. The summed E-state index contributed by atoms with van der Waals surface area (Å²) < 4.78 is 18.7. The largest absolute Gasteiger partial charge is 0.379 e. The van der Waals surface area contributed by atoms with Crippen LogP contribution in [0.15, 0.2) is 48.5 Å². The Balaban J connectivity index is 1.74. The van der Waals surface area contributed by atoms with Crippen LogP contribution in [-0.4, -0.2) is 43.7 Å². The number of nitrogens with zero attached hydrogens (tertiary/aromatic N) is 1. The normalized spacial score (nSPS) is 16.6. The van der Waals surface area contributed by atoms with Gasteiger partial charge in [0.25, 0.3) is 0 Å². The zero-order valence-electron chi connectivity index (χ0n) is 16.3. The third-order valence-electron chi connectivity index (χ3n) is 5.33. The molecule has 3 rings (SSSR count). The average Bonchev–Trinajstić information content (AvgIpc) is 2.70. The molecule has 1 fully saturated rings. The molecule has 0 saturated carbocycles. The van der Waals surface area contributed by atoms with Gasteiger partial charge in [-0.2, -0.15) is 0 Å². The first-order chi connectivity index (χ1) is 13.4. The number of benzene rings is 2. The number of halogens is 2. The summed E-state index contributed by atoms with van der Waals surface area (Å²) >= 11 is 6.04. The van der Waals surface area contributed by atoms with E-state index in [1.165, 1.54) is 12.1 Å². The molecule has 2 aromatic rings. The van der Waals surface area contributed by atoms with Crippen LogP contribution in [0.2, 0.25) is 5.02 Å². The van der Waals surface area contributed by atoms with Crippen molar-refractivity contribution in [3.8, 4) is 0 Å². The Morgan fingerprint density at radius 2 is 1.75 bits per heavy atom. The maximum absolute atomic E-state index is 13.2. The van der Waals surface area contributed by atoms with Crippen molar-refractivity contribution in [2.24, 2.45) is 0 Å². The molecule has 1 atom stereocenters. The van der Waals surface area contributed by atoms with Crippen molar-refractivity contribution in [2.75, 3.05) is 32.8 Å². The molecular weight excluding hydrogens is 379 g/mol. The van der Waals surface area contributed by atoms with Crippen LogP contribution in [-0.2, 0) is 14.9 Å². The van der Waals surface area contributed by atoms with Crippen molar-refractivity contribution in [3.63, 3.8) is 0 Å². The fourth-order valence-electron chi connectivity index (χ4n) is 3.44. The maximum Gasteiger partial charge on any atom is 0.230 e. The van der Waals surface area contributed by atoms with Gasteiger partial charge in [-0.25, -0.2) is 4.39 Å². The van der Waals surface area contributed by atoms with Crippen molar-refractivity contribution >= 4 is 17.5 Å². The molecule has 1 saturated heterocycles. The lowest BCUT2D eigenvalue weighted by molar-refractivity contribution is -0.126. The average molecular weight is 405 g/mol. The second-order valence-corrected chi connectivity index (χ2v) is 7.99. The van der Waals surface area contributed by atoms with Crippen molar-refractivity contribution in [1.82, 2.24) is 10.2 Å². The monoisotopic (exact) mass is 404 g/mol. The number of amides is 1. The molecule has 1 aliphatic rings. The maximum atomic E-state index is 13.2. The van der Waals surface area contributed by atoms with Crippen LogP contribution in [0.4, 0.5) is 4.39 Å². The van der Waals surface area contributed by atoms with Gasteiger partial charge >= 0.3 is 0 Å². The van der Waals surface area contributed by atoms with Crippen molar-refractivity contribution in [3.05, 3.63) is 70.5 Å². The fourth-order valence-corrected chi connectivity index (χ4v) is 3.57. The number of morpholine rings is 1. The second kappa shape index (κ2) is 9.03. The van der Waals surface area contributed by atoms with E-state index in [1.807, 2.05) is 38.1 Å². The van der Waals surface area contributed by atoms with Crippen LogP contribution in [0.5, 0.6) is 0 Å². The summed E-state index contributed by atoms with van der Waals surface area (Å²) in [6, 6.07) is 13.9. The van der Waals surface area contributed by atoms with E-state index in [0.717, 1.165) is 24.2 Å². The zero-order chi connectivity index (χ0) is 20.1. The Kier molecular flexibility index (Phi) is 6.70. The molecule has 1 aliphatic heterocycles. The molecule has 2 aromatic carbocycles. The van der Waals surface area contributed by atoms with Crippen LogP contribution >= 0.6 is 11.6 Å². The zero-order valence-corrected chi connectivity index (χ0v) is 17.0. The van der Waals surface area contributed by atoms with Crippen molar-refractivity contribution in [2.45, 2.75) is 25.3 Å². The van der Waals surface area contributed by atoms with E-state index in [2.05, 4.69) is 10.2 Å². The van der Waals surface area contributed by atoms with Gasteiger partial charge in [0.2, 0.25) is 5.91 Å². The van der Waals surface area contributed by atoms with Gasteiger partial charge in [0.05, 0.1) is 24.7 Å². The van der Waals surface area contributed by atoms with Crippen LogP contribution in [0.1, 0.15) is 31.0 Å². The van der Waals surface area contributed by atoms with Gasteiger partial charge in [0.15, 0.2) is 0 Å². The highest BCUT2D eigenvalue weighted by Gasteiger charge is 2.31. The molecule has 0 aromatic heterocycles. The number of ether oxygens (including phenoxy) is 1. The number of nitrogens with one attached hydrogen (secondary N) is 1. The number of carbonyl (C=O) groups excluding carboxylic acids is 1. The minimum Gasteiger partial charge on any atom is -0.379 e. The van der Waals surface area contributed by atoms with Crippen LogP contribution < -0.4 is 5.32 Å². The van der Waals surface area contributed by atoms with Gasteiger partial charge in [-0.1, -0.05) is 35.9 Å². The van der Waals surface area contributed by atoms with Gasteiger partial charge < -0.3 is 10.1 Å². The SMILES string of the molecule is CC(C)(C(=O)NCC(c1ccc(Cl)cc1)N1CCOCC1)c1ccc(F)cc1. The van der Waals surface area contributed by atoms with Crippen LogP contribution in [0.3, 0.4) is 0 Å². The molecule has 0 aliphatic carbocycles. The minimum atomic E-state index is -0.761. The van der Waals surface area contributed by atoms with Gasteiger partial charge in [-0.05, 0) is 49.2 Å². The highest BCUT2D eigenvalue weighted by atomic mass is 35.5. The predicted molar refractivity (Wildman–Crippen MR) is 109 cm³/mol. The van der Waals surface area contributed by atoms with E-state index in [4.69, 9.17) is 16.3 Å². The summed E-state index contributed by atoms with van der Waals surface area (Å²) in [5, 5.41) is 3.78. The summed E-state index contributed by atoms with van der Waals surface area (Å²) in [5.74, 6) is -0.401. The Morgan fingerprint density at radius 1 is 1.14 bits per heavy atom. The molecule has 1 heterocycles. The molecule has 150 valence electrons. The number of rotatable bonds is 6. The Bertz CT molecular complexity index is 787. The predicted octanol–water partition coefficient (Wildman–Crippen LogP) is 3.95. The third kappa shape index (κ3) is 4.90. The molecular formula is C22H26ClFN2O2. The van der Waals surface area contributed by atoms with Gasteiger partial charge in [-0.3, -0.25) is 9.69 Å². The minimum absolute atomic E-state index is 0.0362. The standard InChI is InChI=1S/C22H26ClFN2O2/c1-22(2,17-5-9-19(24)10-6-17)21(27)25-15-20(26-11-13-28-14-12-26)16-3-7-18(23)8-4-16/h3-10,20H,11-15H2,1-2H3,(H,25,27). The quantitative estimate of drug-likeness (QED) is 0.792. The van der Waals surface area contributed by atoms with Gasteiger partial charge in [0.1, 0.15) is 5.82 Å². The summed E-state index contributed by atoms with van der Waals surface area (Å²) in [6.45, 7) is 7.15. The molecule has 4 nitrogen and oxygen atoms in total. The van der Waals surface area contributed by atoms with E-state index >= 15 is 0 Å². The topological polar surface area (TPSA) is 41.6 Å². The third-order valence-corrected chi connectivity index (χ3v) is 5.58. The Labute approximate surface area is 170 Å². The van der Waals surface area contributed by atoms with E-state index in [-0.39, 0.29) is 17.8 Å². The number of hydrogen-bond donors (Lipinski definition) is 1. The molecule has 1 N–H and O–H groups in total. The fraction of sp³-hybridized carbons (Fsp3) is 0.409. The summed E-state index contributed by atoms with van der Waals surface area (Å²) in [4.78, 5) is 15.3. The molecule has 0 spiro atoms. The van der Waals surface area contributed by atoms with Crippen LogP contribution in [0.25, 0.3) is 0 Å². The van der Waals surface area contributed by atoms with E-state index < -0.39 is 5.41 Å². The molecule has 6 heteroatoms. The van der Waals surface area contributed by atoms with E-state index in [9.17, 15) is 9.18 Å². The molecule has 1 amide bonds. The number of carbonyl (C=O) groups is 1. The summed E-state index contributed by atoms with van der Waals surface area (Å²) in [7, 11) is 0. The van der Waals surface area contributed by atoms with E-state index in [1.54, 1.807) is 12.1 Å². The first kappa shape index (κ1) is 20.8. The van der Waals surface area contributed by atoms with E-state index in [0.29, 0.717) is 24.8 Å². The first-order valence-electron chi connectivity index (χ1n) is 9.49. The molecule has 1 unspecified atom stereocenters. The Hall–Kier alpha value is -1.95. The lowest BCUT2D eigenvalue weighted by Crippen LogP contribution is -2.47. The summed E-state index contributed by atoms with van der Waals surface area (Å²) in [5.41, 5.74) is 1.12. The molecule has 0 radical (unpaired) electrons. The van der Waals surface area contributed by atoms with Crippen molar-refractivity contribution in [1.29, 1.82) is 0 Å². The smallest absolute Gasteiger partial charge is 0.230 e. The molecule has 0 bridgehead atoms. The lowest BCUT2D eigenvalue weighted by atomic mass is 9.83. The Morgan fingerprint density at radius 3 is 2.36 bits per heavy atom. The van der Waals surface area contributed by atoms with Gasteiger partial charge in [0, 0.05) is 24.7 Å². The van der Waals surface area contributed by atoms with Gasteiger partial charge in [-0.15, -0.1) is 0 Å². The lowest BCUT2D eigenvalue weighted by Gasteiger charge is -2.35.